The van der Waals surface area contributed by atoms with Crippen LogP contribution in [0.15, 0.2) is 42.7 Å². The van der Waals surface area contributed by atoms with E-state index < -0.39 is 5.60 Å². The predicted molar refractivity (Wildman–Crippen MR) is 111 cm³/mol. The molecule has 0 unspecified atom stereocenters. The zero-order valence-corrected chi connectivity index (χ0v) is 17.2. The molecule has 3 aromatic heterocycles. The number of hydrogen-bond donors (Lipinski definition) is 1. The second kappa shape index (κ2) is 6.72. The summed E-state index contributed by atoms with van der Waals surface area (Å²) in [5.74, 6) is -0.279. The summed E-state index contributed by atoms with van der Waals surface area (Å²) >= 11 is 0. The Morgan fingerprint density at radius 3 is 2.60 bits per heavy atom. The fourth-order valence-corrected chi connectivity index (χ4v) is 3.92. The van der Waals surface area contributed by atoms with Crippen molar-refractivity contribution < 1.29 is 9.50 Å². The molecular formula is C22H23FN6O. The minimum atomic E-state index is -1.08. The molecule has 5 rings (SSSR count). The van der Waals surface area contributed by atoms with Gasteiger partial charge in [0.2, 0.25) is 0 Å². The molecule has 0 saturated carbocycles. The molecule has 0 atom stereocenters. The molecule has 0 bridgehead atoms. The molecule has 4 heterocycles. The molecule has 7 nitrogen and oxygen atoms in total. The smallest absolute Gasteiger partial charge is 0.161 e. The minimum absolute atomic E-state index is 0.279. The quantitative estimate of drug-likeness (QED) is 0.566. The fraction of sp³-hybridized carbons (Fsp3) is 0.318. The molecule has 154 valence electrons. The fourth-order valence-electron chi connectivity index (χ4n) is 3.92. The Morgan fingerprint density at radius 2 is 1.87 bits per heavy atom. The molecule has 1 aliphatic rings. The number of likely N-dealkylation sites (N-methyl/N-ethyl adjacent to an activating group) is 1. The zero-order valence-electron chi connectivity index (χ0n) is 17.2. The summed E-state index contributed by atoms with van der Waals surface area (Å²) in [5, 5.41) is 19.7. The largest absolute Gasteiger partial charge is 0.384 e. The van der Waals surface area contributed by atoms with Gasteiger partial charge in [0.15, 0.2) is 5.65 Å². The van der Waals surface area contributed by atoms with Gasteiger partial charge in [0.05, 0.1) is 24.1 Å². The first-order valence-corrected chi connectivity index (χ1v) is 9.93. The van der Waals surface area contributed by atoms with Crippen LogP contribution in [0.5, 0.6) is 0 Å². The van der Waals surface area contributed by atoms with Gasteiger partial charge in [-0.2, -0.15) is 10.2 Å². The number of rotatable bonds is 3. The number of hydrogen-bond acceptors (Lipinski definition) is 5. The molecule has 1 N–H and O–H groups in total. The first kappa shape index (κ1) is 18.9. The van der Waals surface area contributed by atoms with Crippen LogP contribution in [0.1, 0.15) is 25.2 Å². The Balaban J connectivity index is 1.79. The number of halogens is 1. The van der Waals surface area contributed by atoms with Crippen molar-refractivity contribution in [1.82, 2.24) is 29.3 Å². The SMILES string of the molecule is CN1CCn2nc(-c3ccc(F)cc3)c(-c3ccnn4cc(C(C)(C)O)nc34)c2C1. The number of aliphatic hydroxyl groups is 1. The Labute approximate surface area is 173 Å². The third kappa shape index (κ3) is 3.09. The van der Waals surface area contributed by atoms with Gasteiger partial charge in [-0.25, -0.2) is 13.9 Å². The van der Waals surface area contributed by atoms with Crippen LogP contribution >= 0.6 is 0 Å². The maximum absolute atomic E-state index is 13.5. The van der Waals surface area contributed by atoms with E-state index in [0.717, 1.165) is 47.7 Å². The van der Waals surface area contributed by atoms with Gasteiger partial charge in [0, 0.05) is 36.0 Å². The average Bonchev–Trinajstić information content (AvgIpc) is 3.30. The topological polar surface area (TPSA) is 71.5 Å². The van der Waals surface area contributed by atoms with E-state index >= 15 is 0 Å². The summed E-state index contributed by atoms with van der Waals surface area (Å²) in [7, 11) is 2.09. The van der Waals surface area contributed by atoms with Gasteiger partial charge in [-0.15, -0.1) is 0 Å². The number of aromatic nitrogens is 5. The van der Waals surface area contributed by atoms with Crippen LogP contribution in [0.2, 0.25) is 0 Å². The predicted octanol–water partition coefficient (Wildman–Crippen LogP) is 3.07. The number of benzene rings is 1. The van der Waals surface area contributed by atoms with Crippen molar-refractivity contribution in [3.63, 3.8) is 0 Å². The van der Waals surface area contributed by atoms with Crippen molar-refractivity contribution in [3.8, 4) is 22.4 Å². The van der Waals surface area contributed by atoms with Crippen molar-refractivity contribution in [1.29, 1.82) is 0 Å². The molecule has 0 fully saturated rings. The molecule has 0 radical (unpaired) electrons. The lowest BCUT2D eigenvalue weighted by Crippen LogP contribution is -2.30. The van der Waals surface area contributed by atoms with Gasteiger partial charge < -0.3 is 5.11 Å². The van der Waals surface area contributed by atoms with Gasteiger partial charge in [-0.1, -0.05) is 0 Å². The molecule has 0 amide bonds. The Hall–Kier alpha value is -3.10. The summed E-state index contributed by atoms with van der Waals surface area (Å²) in [4.78, 5) is 6.95. The molecule has 0 aliphatic carbocycles. The van der Waals surface area contributed by atoms with Crippen molar-refractivity contribution in [2.45, 2.75) is 32.5 Å². The van der Waals surface area contributed by atoms with E-state index in [4.69, 9.17) is 10.1 Å². The normalized spacial score (nSPS) is 15.0. The summed E-state index contributed by atoms with van der Waals surface area (Å²) in [6.07, 6.45) is 3.47. The third-order valence-corrected chi connectivity index (χ3v) is 5.55. The number of imidazole rings is 1. The van der Waals surface area contributed by atoms with Crippen LogP contribution in [0.3, 0.4) is 0 Å². The molecule has 8 heteroatoms. The van der Waals surface area contributed by atoms with Gasteiger partial charge in [-0.3, -0.25) is 9.58 Å². The van der Waals surface area contributed by atoms with Gasteiger partial charge in [0.1, 0.15) is 17.1 Å². The van der Waals surface area contributed by atoms with Crippen LogP contribution in [0, 0.1) is 5.82 Å². The van der Waals surface area contributed by atoms with Crippen molar-refractivity contribution in [2.24, 2.45) is 0 Å². The van der Waals surface area contributed by atoms with Crippen LogP contribution in [-0.2, 0) is 18.7 Å². The maximum Gasteiger partial charge on any atom is 0.161 e. The second-order valence-corrected chi connectivity index (χ2v) is 8.34. The molecule has 0 saturated heterocycles. The maximum atomic E-state index is 13.5. The van der Waals surface area contributed by atoms with E-state index in [2.05, 4.69) is 17.0 Å². The highest BCUT2D eigenvalue weighted by atomic mass is 19.1. The molecular weight excluding hydrogens is 383 g/mol. The average molecular weight is 406 g/mol. The van der Waals surface area contributed by atoms with Crippen LogP contribution in [0.25, 0.3) is 28.0 Å². The van der Waals surface area contributed by atoms with E-state index in [1.54, 1.807) is 42.9 Å². The summed E-state index contributed by atoms with van der Waals surface area (Å²) in [5.41, 5.74) is 4.70. The van der Waals surface area contributed by atoms with E-state index in [1.807, 2.05) is 10.7 Å². The van der Waals surface area contributed by atoms with Crippen molar-refractivity contribution in [3.05, 3.63) is 59.9 Å². The monoisotopic (exact) mass is 406 g/mol. The Kier molecular flexibility index (Phi) is 4.23. The number of nitrogens with zero attached hydrogens (tertiary/aromatic N) is 6. The van der Waals surface area contributed by atoms with Crippen molar-refractivity contribution >= 4 is 5.65 Å². The second-order valence-electron chi connectivity index (χ2n) is 8.34. The van der Waals surface area contributed by atoms with Gasteiger partial charge >= 0.3 is 0 Å². The van der Waals surface area contributed by atoms with E-state index in [-0.39, 0.29) is 5.82 Å². The standard InChI is InChI=1S/C22H23FN6O/c1-22(2,30)18-13-29-21(25-18)16(8-9-24-29)19-17-12-27(3)10-11-28(17)26-20(19)14-4-6-15(23)7-5-14/h4-9,13,30H,10-12H2,1-3H3. The third-order valence-electron chi connectivity index (χ3n) is 5.55. The Morgan fingerprint density at radius 1 is 1.10 bits per heavy atom. The highest BCUT2D eigenvalue weighted by molar-refractivity contribution is 5.89. The molecule has 1 aromatic carbocycles. The summed E-state index contributed by atoms with van der Waals surface area (Å²) in [6, 6.07) is 8.34. The highest BCUT2D eigenvalue weighted by Crippen LogP contribution is 2.38. The van der Waals surface area contributed by atoms with Crippen molar-refractivity contribution in [2.75, 3.05) is 13.6 Å². The number of fused-ring (bicyclic) bond motifs is 2. The van der Waals surface area contributed by atoms with E-state index in [1.165, 1.54) is 12.1 Å². The molecule has 1 aliphatic heterocycles. The molecule has 30 heavy (non-hydrogen) atoms. The summed E-state index contributed by atoms with van der Waals surface area (Å²) in [6.45, 7) is 5.85. The van der Waals surface area contributed by atoms with Gasteiger partial charge in [-0.05, 0) is 51.2 Å². The lowest BCUT2D eigenvalue weighted by molar-refractivity contribution is 0.0744. The highest BCUT2D eigenvalue weighted by Gasteiger charge is 2.28. The lowest BCUT2D eigenvalue weighted by atomic mass is 9.99. The summed E-state index contributed by atoms with van der Waals surface area (Å²) < 4.78 is 17.3. The first-order valence-electron chi connectivity index (χ1n) is 9.93. The molecule has 4 aromatic rings. The van der Waals surface area contributed by atoms with E-state index in [0.29, 0.717) is 11.3 Å². The van der Waals surface area contributed by atoms with Gasteiger partial charge in [0.25, 0.3) is 0 Å². The van der Waals surface area contributed by atoms with Crippen LogP contribution < -0.4 is 0 Å². The molecule has 0 spiro atoms. The Bertz CT molecular complexity index is 1240. The first-order chi connectivity index (χ1) is 14.3. The van der Waals surface area contributed by atoms with E-state index in [9.17, 15) is 9.50 Å². The van der Waals surface area contributed by atoms with Crippen LogP contribution in [0.4, 0.5) is 4.39 Å². The van der Waals surface area contributed by atoms with Crippen LogP contribution in [-0.4, -0.2) is 48.0 Å². The lowest BCUT2D eigenvalue weighted by Gasteiger charge is -2.24. The zero-order chi connectivity index (χ0) is 21.0. The minimum Gasteiger partial charge on any atom is -0.384 e.